The molecule has 0 saturated heterocycles. The third-order valence-electron chi connectivity index (χ3n) is 3.61. The van der Waals surface area contributed by atoms with E-state index in [-0.39, 0.29) is 6.61 Å². The largest absolute Gasteiger partial charge is 0.480 e. The Morgan fingerprint density at radius 2 is 1.79 bits per heavy atom. The lowest BCUT2D eigenvalue weighted by atomic mass is 10.0. The minimum atomic E-state index is -1.31. The number of carboxylic acids is 1. The van der Waals surface area contributed by atoms with Crippen molar-refractivity contribution < 1.29 is 24.2 Å². The Hall–Kier alpha value is -1.67. The van der Waals surface area contributed by atoms with Crippen LogP contribution in [0.5, 0.6) is 0 Å². The monoisotopic (exact) mass is 345 g/mol. The van der Waals surface area contributed by atoms with E-state index in [1.54, 1.807) is 13.8 Å². The van der Waals surface area contributed by atoms with Gasteiger partial charge in [-0.2, -0.15) is 0 Å². The van der Waals surface area contributed by atoms with Crippen LogP contribution in [0.3, 0.4) is 0 Å². The lowest BCUT2D eigenvalue weighted by molar-refractivity contribution is -0.151. The number of nitrogens with two attached hydrogens (primary N) is 2. The lowest BCUT2D eigenvalue weighted by Crippen LogP contribution is -2.56. The first-order valence-electron chi connectivity index (χ1n) is 8.46. The number of amides is 2. The van der Waals surface area contributed by atoms with E-state index in [2.05, 4.69) is 0 Å². The van der Waals surface area contributed by atoms with Crippen LogP contribution in [-0.2, 0) is 14.3 Å². The van der Waals surface area contributed by atoms with Crippen LogP contribution in [0, 0.1) is 5.92 Å². The van der Waals surface area contributed by atoms with Crippen LogP contribution in [0.4, 0.5) is 4.79 Å². The summed E-state index contributed by atoms with van der Waals surface area (Å²) >= 11 is 0. The van der Waals surface area contributed by atoms with Gasteiger partial charge in [0.2, 0.25) is 5.91 Å². The molecule has 5 N–H and O–H groups in total. The number of rotatable bonds is 11. The van der Waals surface area contributed by atoms with Gasteiger partial charge in [0.25, 0.3) is 0 Å². The minimum Gasteiger partial charge on any atom is -0.480 e. The molecule has 140 valence electrons. The number of carbonyl (C=O) groups is 3. The van der Waals surface area contributed by atoms with E-state index in [9.17, 15) is 19.5 Å². The number of hydrogen-bond donors (Lipinski definition) is 3. The van der Waals surface area contributed by atoms with Crippen molar-refractivity contribution in [2.45, 2.75) is 65.0 Å². The van der Waals surface area contributed by atoms with Crippen LogP contribution in [0.2, 0.25) is 0 Å². The van der Waals surface area contributed by atoms with E-state index in [0.29, 0.717) is 37.1 Å². The molecule has 0 radical (unpaired) electrons. The van der Waals surface area contributed by atoms with Gasteiger partial charge in [-0.05, 0) is 31.7 Å². The number of carbonyl (C=O) groups excluding carboxylic acids is 2. The molecule has 0 aromatic carbocycles. The Morgan fingerprint density at radius 1 is 1.17 bits per heavy atom. The molecular weight excluding hydrogens is 314 g/mol. The van der Waals surface area contributed by atoms with Crippen molar-refractivity contribution in [2.75, 3.05) is 13.2 Å². The van der Waals surface area contributed by atoms with Crippen LogP contribution in [-0.4, -0.2) is 53.2 Å². The predicted octanol–water partition coefficient (Wildman–Crippen LogP) is 1.32. The summed E-state index contributed by atoms with van der Waals surface area (Å²) in [5, 5.41) is 9.42. The number of nitrogens with zero attached hydrogens (tertiary/aromatic N) is 1. The standard InChI is InChI=1S/C16H31N3O5/c1-4-5-10-24-16(23)19(13(11(2)3)15(21)22)14(20)12(18)8-6-7-9-17/h11-13H,4-10,17-18H2,1-3H3,(H,21,22). The van der Waals surface area contributed by atoms with Gasteiger partial charge in [0, 0.05) is 0 Å². The van der Waals surface area contributed by atoms with Crippen molar-refractivity contribution in [1.29, 1.82) is 0 Å². The molecule has 0 heterocycles. The van der Waals surface area contributed by atoms with Crippen LogP contribution in [0.25, 0.3) is 0 Å². The Kier molecular flexibility index (Phi) is 11.0. The summed E-state index contributed by atoms with van der Waals surface area (Å²) in [7, 11) is 0. The molecule has 0 aliphatic rings. The number of carboxylic acid groups (broad SMARTS) is 1. The fraction of sp³-hybridized carbons (Fsp3) is 0.812. The molecule has 2 atom stereocenters. The zero-order valence-electron chi connectivity index (χ0n) is 14.9. The summed E-state index contributed by atoms with van der Waals surface area (Å²) < 4.78 is 5.05. The highest BCUT2D eigenvalue weighted by atomic mass is 16.6. The van der Waals surface area contributed by atoms with Crippen molar-refractivity contribution >= 4 is 18.0 Å². The highest BCUT2D eigenvalue weighted by Gasteiger charge is 2.39. The summed E-state index contributed by atoms with van der Waals surface area (Å²) in [6.45, 7) is 5.79. The summed E-state index contributed by atoms with van der Waals surface area (Å²) in [6.07, 6.45) is 2.15. The van der Waals surface area contributed by atoms with Crippen molar-refractivity contribution in [2.24, 2.45) is 17.4 Å². The van der Waals surface area contributed by atoms with Crippen molar-refractivity contribution in [3.8, 4) is 0 Å². The minimum absolute atomic E-state index is 0.131. The Balaban J connectivity index is 5.24. The maximum absolute atomic E-state index is 12.6. The molecule has 0 aromatic heterocycles. The van der Waals surface area contributed by atoms with Gasteiger partial charge in [-0.1, -0.05) is 33.6 Å². The van der Waals surface area contributed by atoms with E-state index in [1.807, 2.05) is 6.92 Å². The van der Waals surface area contributed by atoms with Crippen LogP contribution >= 0.6 is 0 Å². The summed E-state index contributed by atoms with van der Waals surface area (Å²) in [5.41, 5.74) is 11.3. The number of imide groups is 1. The number of unbranched alkanes of at least 4 members (excludes halogenated alkanes) is 2. The molecule has 0 aliphatic carbocycles. The van der Waals surface area contributed by atoms with Crippen molar-refractivity contribution in [3.05, 3.63) is 0 Å². The van der Waals surface area contributed by atoms with E-state index in [1.165, 1.54) is 0 Å². The van der Waals surface area contributed by atoms with Crippen LogP contribution in [0.15, 0.2) is 0 Å². The van der Waals surface area contributed by atoms with E-state index >= 15 is 0 Å². The molecule has 0 fully saturated rings. The fourth-order valence-electron chi connectivity index (χ4n) is 2.22. The molecule has 0 spiro atoms. The first-order chi connectivity index (χ1) is 11.3. The second kappa shape index (κ2) is 11.8. The molecule has 8 heteroatoms. The third kappa shape index (κ3) is 7.27. The van der Waals surface area contributed by atoms with Crippen molar-refractivity contribution in [1.82, 2.24) is 4.90 Å². The molecule has 0 saturated carbocycles. The molecule has 0 rings (SSSR count). The van der Waals surface area contributed by atoms with Crippen molar-refractivity contribution in [3.63, 3.8) is 0 Å². The first-order valence-corrected chi connectivity index (χ1v) is 8.46. The molecule has 2 amide bonds. The van der Waals surface area contributed by atoms with Gasteiger partial charge in [0.15, 0.2) is 0 Å². The van der Waals surface area contributed by atoms with Gasteiger partial charge in [-0.15, -0.1) is 0 Å². The topological polar surface area (TPSA) is 136 Å². The second-order valence-electron chi connectivity index (χ2n) is 6.09. The van der Waals surface area contributed by atoms with Gasteiger partial charge < -0.3 is 21.3 Å². The summed E-state index contributed by atoms with van der Waals surface area (Å²) in [5.74, 6) is -2.46. The Morgan fingerprint density at radius 3 is 2.25 bits per heavy atom. The average Bonchev–Trinajstić information content (AvgIpc) is 2.51. The molecule has 0 aromatic rings. The molecule has 0 aliphatic heterocycles. The number of hydrogen-bond acceptors (Lipinski definition) is 6. The smallest absolute Gasteiger partial charge is 0.417 e. The molecule has 2 unspecified atom stereocenters. The summed E-state index contributed by atoms with van der Waals surface area (Å²) in [4.78, 5) is 37.1. The molecule has 0 bridgehead atoms. The van der Waals surface area contributed by atoms with Crippen LogP contribution < -0.4 is 11.5 Å². The third-order valence-corrected chi connectivity index (χ3v) is 3.61. The number of aliphatic carboxylic acids is 1. The highest BCUT2D eigenvalue weighted by molar-refractivity contribution is 5.98. The van der Waals surface area contributed by atoms with Gasteiger partial charge in [-0.3, -0.25) is 4.79 Å². The zero-order chi connectivity index (χ0) is 18.7. The van der Waals surface area contributed by atoms with Gasteiger partial charge >= 0.3 is 12.1 Å². The van der Waals surface area contributed by atoms with Gasteiger partial charge in [-0.25, -0.2) is 14.5 Å². The quantitative estimate of drug-likeness (QED) is 0.480. The first kappa shape index (κ1) is 22.3. The Labute approximate surface area is 143 Å². The summed E-state index contributed by atoms with van der Waals surface area (Å²) in [6, 6.07) is -2.27. The maximum atomic E-state index is 12.6. The fourth-order valence-corrected chi connectivity index (χ4v) is 2.22. The van der Waals surface area contributed by atoms with Crippen LogP contribution in [0.1, 0.15) is 52.9 Å². The normalized spacial score (nSPS) is 13.4. The average molecular weight is 345 g/mol. The van der Waals surface area contributed by atoms with Gasteiger partial charge in [0.05, 0.1) is 12.6 Å². The lowest BCUT2D eigenvalue weighted by Gasteiger charge is -2.30. The Bertz CT molecular complexity index is 415. The van der Waals surface area contributed by atoms with E-state index < -0.39 is 36.0 Å². The molecule has 24 heavy (non-hydrogen) atoms. The second-order valence-corrected chi connectivity index (χ2v) is 6.09. The molecule has 8 nitrogen and oxygen atoms in total. The van der Waals surface area contributed by atoms with E-state index in [4.69, 9.17) is 16.2 Å². The maximum Gasteiger partial charge on any atom is 0.417 e. The van der Waals surface area contributed by atoms with E-state index in [0.717, 1.165) is 6.42 Å². The zero-order valence-corrected chi connectivity index (χ0v) is 14.9. The molecular formula is C16H31N3O5. The SMILES string of the molecule is CCCCOC(=O)N(C(=O)C(N)CCCCN)C(C(=O)O)C(C)C. The number of ether oxygens (including phenoxy) is 1. The highest BCUT2D eigenvalue weighted by Crippen LogP contribution is 2.16. The van der Waals surface area contributed by atoms with Gasteiger partial charge in [0.1, 0.15) is 6.04 Å². The predicted molar refractivity (Wildman–Crippen MR) is 90.2 cm³/mol.